The Labute approximate surface area is 196 Å². The van der Waals surface area contributed by atoms with Crippen molar-refractivity contribution in [1.82, 2.24) is 9.55 Å². The minimum absolute atomic E-state index is 0.00897. The quantitative estimate of drug-likeness (QED) is 0.363. The number of anilines is 1. The van der Waals surface area contributed by atoms with E-state index in [1.165, 1.54) is 6.07 Å². The number of carbonyl (C=O) groups is 1. The summed E-state index contributed by atoms with van der Waals surface area (Å²) in [7, 11) is 0. The zero-order chi connectivity index (χ0) is 22.9. The van der Waals surface area contributed by atoms with E-state index in [0.717, 1.165) is 22.5 Å². The van der Waals surface area contributed by atoms with Crippen LogP contribution in [0, 0.1) is 5.82 Å². The van der Waals surface area contributed by atoms with Crippen molar-refractivity contribution in [2.24, 2.45) is 0 Å². The van der Waals surface area contributed by atoms with E-state index in [1.807, 2.05) is 60.0 Å². The van der Waals surface area contributed by atoms with Crippen LogP contribution in [0.4, 0.5) is 10.1 Å². The lowest BCUT2D eigenvalue weighted by molar-refractivity contribution is -0.117. The molecule has 33 heavy (non-hydrogen) atoms. The van der Waals surface area contributed by atoms with Crippen LogP contribution < -0.4 is 9.64 Å². The van der Waals surface area contributed by atoms with Gasteiger partial charge in [0.1, 0.15) is 17.4 Å². The summed E-state index contributed by atoms with van der Waals surface area (Å²) in [5.41, 5.74) is 2.85. The second-order valence-electron chi connectivity index (χ2n) is 8.05. The number of aromatic nitrogens is 2. The lowest BCUT2D eigenvalue weighted by atomic mass is 10.1. The van der Waals surface area contributed by atoms with Crippen LogP contribution in [-0.2, 0) is 11.3 Å². The Kier molecular flexibility index (Phi) is 5.77. The molecule has 1 saturated heterocycles. The minimum atomic E-state index is -0.360. The maximum Gasteiger partial charge on any atom is 0.227 e. The minimum Gasteiger partial charge on any atom is -0.492 e. The van der Waals surface area contributed by atoms with Gasteiger partial charge in [0, 0.05) is 29.5 Å². The van der Waals surface area contributed by atoms with E-state index >= 15 is 0 Å². The van der Waals surface area contributed by atoms with Gasteiger partial charge in [0.25, 0.3) is 0 Å². The Bertz CT molecular complexity index is 1320. The summed E-state index contributed by atoms with van der Waals surface area (Å²) >= 11 is 6.33. The Morgan fingerprint density at radius 2 is 1.88 bits per heavy atom. The smallest absolute Gasteiger partial charge is 0.227 e. The molecule has 168 valence electrons. The molecule has 0 unspecified atom stereocenters. The standard InChI is InChI=1S/C26H23ClFN3O2/c1-2-33-24-13-6-5-12-23(24)30-15-17(14-25(30)32)26-29-21-10-3-4-11-22(21)31(26)16-18-19(27)8-7-9-20(18)28/h3-13,17H,2,14-16H2,1H3/t17-/m1/s1. The lowest BCUT2D eigenvalue weighted by Crippen LogP contribution is -2.25. The Hall–Kier alpha value is -3.38. The number of fused-ring (bicyclic) bond motifs is 1. The molecule has 1 aromatic heterocycles. The van der Waals surface area contributed by atoms with Gasteiger partial charge >= 0.3 is 0 Å². The molecule has 0 aliphatic carbocycles. The fourth-order valence-electron chi connectivity index (χ4n) is 4.48. The summed E-state index contributed by atoms with van der Waals surface area (Å²) in [5.74, 6) is 0.932. The molecule has 0 bridgehead atoms. The Balaban J connectivity index is 1.55. The number of imidazole rings is 1. The van der Waals surface area contributed by atoms with Crippen molar-refractivity contribution in [1.29, 1.82) is 0 Å². The summed E-state index contributed by atoms with van der Waals surface area (Å²) in [6, 6.07) is 20.0. The van der Waals surface area contributed by atoms with Crippen LogP contribution in [0.1, 0.15) is 30.7 Å². The van der Waals surface area contributed by atoms with Crippen LogP contribution in [0.5, 0.6) is 5.75 Å². The maximum absolute atomic E-state index is 14.6. The molecular formula is C26H23ClFN3O2. The highest BCUT2D eigenvalue weighted by Crippen LogP contribution is 2.37. The monoisotopic (exact) mass is 463 g/mol. The average molecular weight is 464 g/mol. The number of benzene rings is 3. The lowest BCUT2D eigenvalue weighted by Gasteiger charge is -2.20. The highest BCUT2D eigenvalue weighted by atomic mass is 35.5. The first-order valence-electron chi connectivity index (χ1n) is 11.0. The van der Waals surface area contributed by atoms with Gasteiger partial charge < -0.3 is 14.2 Å². The van der Waals surface area contributed by atoms with Crippen molar-refractivity contribution in [2.45, 2.75) is 25.8 Å². The number of nitrogens with zero attached hydrogens (tertiary/aromatic N) is 3. The molecule has 0 saturated carbocycles. The first-order valence-corrected chi connectivity index (χ1v) is 11.3. The Morgan fingerprint density at radius 3 is 2.70 bits per heavy atom. The van der Waals surface area contributed by atoms with E-state index in [4.69, 9.17) is 21.3 Å². The van der Waals surface area contributed by atoms with Gasteiger partial charge in [-0.05, 0) is 43.3 Å². The van der Waals surface area contributed by atoms with Crippen LogP contribution in [0.15, 0.2) is 66.7 Å². The molecule has 0 N–H and O–H groups in total. The maximum atomic E-state index is 14.6. The molecule has 0 spiro atoms. The van der Waals surface area contributed by atoms with E-state index in [9.17, 15) is 9.18 Å². The van der Waals surface area contributed by atoms with Crippen molar-refractivity contribution < 1.29 is 13.9 Å². The van der Waals surface area contributed by atoms with Crippen molar-refractivity contribution in [2.75, 3.05) is 18.1 Å². The highest BCUT2D eigenvalue weighted by Gasteiger charge is 2.36. The summed E-state index contributed by atoms with van der Waals surface area (Å²) in [6.07, 6.45) is 0.314. The first-order chi connectivity index (χ1) is 16.1. The van der Waals surface area contributed by atoms with Gasteiger partial charge in [-0.1, -0.05) is 41.9 Å². The average Bonchev–Trinajstić information content (AvgIpc) is 3.37. The summed E-state index contributed by atoms with van der Waals surface area (Å²) in [5, 5.41) is 0.369. The van der Waals surface area contributed by atoms with Crippen molar-refractivity contribution >= 4 is 34.2 Å². The van der Waals surface area contributed by atoms with Crippen LogP contribution in [0.3, 0.4) is 0 Å². The number of hydrogen-bond donors (Lipinski definition) is 0. The molecule has 3 aromatic carbocycles. The van der Waals surface area contributed by atoms with E-state index < -0.39 is 0 Å². The first kappa shape index (κ1) is 21.5. The molecule has 7 heteroatoms. The second-order valence-corrected chi connectivity index (χ2v) is 8.46. The number of para-hydroxylation sites is 4. The number of amides is 1. The molecule has 5 nitrogen and oxygen atoms in total. The molecule has 1 aliphatic rings. The van der Waals surface area contributed by atoms with Crippen LogP contribution in [0.25, 0.3) is 11.0 Å². The summed E-state index contributed by atoms with van der Waals surface area (Å²) < 4.78 is 22.3. The molecule has 1 fully saturated rings. The zero-order valence-electron chi connectivity index (χ0n) is 18.2. The predicted molar refractivity (Wildman–Crippen MR) is 128 cm³/mol. The van der Waals surface area contributed by atoms with E-state index in [0.29, 0.717) is 35.9 Å². The number of carbonyl (C=O) groups excluding carboxylic acids is 1. The third-order valence-corrected chi connectivity index (χ3v) is 6.36. The summed E-state index contributed by atoms with van der Waals surface area (Å²) in [6.45, 7) is 3.14. The van der Waals surface area contributed by atoms with Gasteiger partial charge in [0.15, 0.2) is 0 Å². The molecule has 5 rings (SSSR count). The SMILES string of the molecule is CCOc1ccccc1N1C[C@H](c2nc3ccccc3n2Cc2c(F)cccc2Cl)CC1=O. The third-order valence-electron chi connectivity index (χ3n) is 6.01. The van der Waals surface area contributed by atoms with Crippen LogP contribution >= 0.6 is 11.6 Å². The van der Waals surface area contributed by atoms with Crippen molar-refractivity contribution in [3.05, 3.63) is 89.0 Å². The van der Waals surface area contributed by atoms with Gasteiger partial charge in [0.2, 0.25) is 5.91 Å². The number of hydrogen-bond acceptors (Lipinski definition) is 3. The topological polar surface area (TPSA) is 47.4 Å². The normalized spacial score (nSPS) is 16.0. The van der Waals surface area contributed by atoms with E-state index in [2.05, 4.69) is 0 Å². The molecule has 4 aromatic rings. The van der Waals surface area contributed by atoms with Gasteiger partial charge in [-0.25, -0.2) is 9.37 Å². The predicted octanol–water partition coefficient (Wildman–Crippen LogP) is 5.80. The molecule has 1 aliphatic heterocycles. The van der Waals surface area contributed by atoms with E-state index in [1.54, 1.807) is 17.0 Å². The molecule has 0 radical (unpaired) electrons. The van der Waals surface area contributed by atoms with Crippen LogP contribution in [-0.4, -0.2) is 28.6 Å². The number of rotatable bonds is 6. The molecular weight excluding hydrogens is 441 g/mol. The largest absolute Gasteiger partial charge is 0.492 e. The van der Waals surface area contributed by atoms with Crippen molar-refractivity contribution in [3.8, 4) is 5.75 Å². The van der Waals surface area contributed by atoms with Gasteiger partial charge in [0.05, 0.1) is 29.9 Å². The molecule has 1 atom stereocenters. The Morgan fingerprint density at radius 1 is 1.09 bits per heavy atom. The highest BCUT2D eigenvalue weighted by molar-refractivity contribution is 6.31. The van der Waals surface area contributed by atoms with Gasteiger partial charge in [-0.3, -0.25) is 4.79 Å². The van der Waals surface area contributed by atoms with Gasteiger partial charge in [-0.15, -0.1) is 0 Å². The van der Waals surface area contributed by atoms with Gasteiger partial charge in [-0.2, -0.15) is 0 Å². The van der Waals surface area contributed by atoms with Crippen molar-refractivity contribution in [3.63, 3.8) is 0 Å². The molecule has 2 heterocycles. The fourth-order valence-corrected chi connectivity index (χ4v) is 4.71. The fraction of sp³-hybridized carbons (Fsp3) is 0.231. The number of ether oxygens (including phenoxy) is 1. The van der Waals surface area contributed by atoms with Crippen LogP contribution in [0.2, 0.25) is 5.02 Å². The summed E-state index contributed by atoms with van der Waals surface area (Å²) in [4.78, 5) is 19.7. The number of halogens is 2. The zero-order valence-corrected chi connectivity index (χ0v) is 18.9. The third kappa shape index (κ3) is 3.95. The van der Waals surface area contributed by atoms with E-state index in [-0.39, 0.29) is 24.2 Å². The second kappa shape index (κ2) is 8.87. The molecule has 1 amide bonds.